The maximum atomic E-state index is 10.0. The minimum Gasteiger partial charge on any atom is -0.388 e. The first-order valence-corrected chi connectivity index (χ1v) is 6.34. The first-order valence-electron chi connectivity index (χ1n) is 6.34. The molecule has 2 rings (SSSR count). The molecule has 1 aromatic heterocycles. The lowest BCUT2D eigenvalue weighted by atomic mass is 10.00. The zero-order valence-corrected chi connectivity index (χ0v) is 10.8. The molecule has 0 aliphatic carbocycles. The third-order valence-corrected chi connectivity index (χ3v) is 3.06. The molecule has 0 aliphatic heterocycles. The van der Waals surface area contributed by atoms with Gasteiger partial charge in [0.25, 0.3) is 0 Å². The van der Waals surface area contributed by atoms with E-state index in [4.69, 9.17) is 0 Å². The van der Waals surface area contributed by atoms with E-state index in [0.717, 1.165) is 23.1 Å². The van der Waals surface area contributed by atoms with Crippen LogP contribution < -0.4 is 0 Å². The number of nitrogens with zero attached hydrogens (tertiary/aromatic N) is 2. The summed E-state index contributed by atoms with van der Waals surface area (Å²) < 4.78 is 0. The van der Waals surface area contributed by atoms with Gasteiger partial charge in [0, 0.05) is 18.0 Å². The number of aryl methyl sites for hydroxylation is 1. The Morgan fingerprint density at radius 1 is 1.11 bits per heavy atom. The Balaban J connectivity index is 2.43. The number of rotatable bonds is 4. The minimum absolute atomic E-state index is 0.462. The molecule has 0 amide bonds. The van der Waals surface area contributed by atoms with Gasteiger partial charge >= 0.3 is 0 Å². The van der Waals surface area contributed by atoms with Gasteiger partial charge in [0.2, 0.25) is 0 Å². The van der Waals surface area contributed by atoms with Crippen molar-refractivity contribution in [2.24, 2.45) is 0 Å². The van der Waals surface area contributed by atoms with E-state index in [2.05, 4.69) is 16.9 Å². The van der Waals surface area contributed by atoms with Gasteiger partial charge in [0.05, 0.1) is 6.10 Å². The van der Waals surface area contributed by atoms with Crippen LogP contribution in [0.4, 0.5) is 0 Å². The van der Waals surface area contributed by atoms with Crippen LogP contribution in [0.1, 0.15) is 37.5 Å². The lowest BCUT2D eigenvalue weighted by Crippen LogP contribution is -2.00. The normalized spacial score (nSPS) is 12.4. The molecule has 1 atom stereocenters. The minimum atomic E-state index is -0.462. The maximum absolute atomic E-state index is 10.0. The van der Waals surface area contributed by atoms with Crippen LogP contribution in [0.5, 0.6) is 0 Å². The third kappa shape index (κ3) is 2.57. The zero-order chi connectivity index (χ0) is 13.0. The van der Waals surface area contributed by atoms with Crippen molar-refractivity contribution in [2.75, 3.05) is 0 Å². The predicted molar refractivity (Wildman–Crippen MR) is 72.1 cm³/mol. The molecule has 94 valence electrons. The molecule has 1 unspecified atom stereocenters. The molecule has 1 heterocycles. The third-order valence-electron chi connectivity index (χ3n) is 3.06. The monoisotopic (exact) mass is 242 g/mol. The van der Waals surface area contributed by atoms with E-state index in [0.29, 0.717) is 12.2 Å². The average molecular weight is 242 g/mol. The van der Waals surface area contributed by atoms with Crippen LogP contribution >= 0.6 is 0 Å². The van der Waals surface area contributed by atoms with Gasteiger partial charge in [0.15, 0.2) is 5.82 Å². The first kappa shape index (κ1) is 12.7. The molecule has 0 fully saturated rings. The smallest absolute Gasteiger partial charge is 0.159 e. The molecule has 0 spiro atoms. The Morgan fingerprint density at radius 3 is 2.39 bits per heavy atom. The Labute approximate surface area is 108 Å². The Kier molecular flexibility index (Phi) is 4.05. The summed E-state index contributed by atoms with van der Waals surface area (Å²) in [5.41, 5.74) is 2.92. The molecular formula is C15H18N2O. The van der Waals surface area contributed by atoms with Crippen molar-refractivity contribution in [3.8, 4) is 11.4 Å². The highest BCUT2D eigenvalue weighted by Gasteiger charge is 2.12. The summed E-state index contributed by atoms with van der Waals surface area (Å²) in [5, 5.41) is 10.0. The van der Waals surface area contributed by atoms with E-state index in [1.54, 1.807) is 0 Å². The molecule has 3 heteroatoms. The topological polar surface area (TPSA) is 46.0 Å². The summed E-state index contributed by atoms with van der Waals surface area (Å²) in [4.78, 5) is 8.75. The van der Waals surface area contributed by atoms with Crippen LogP contribution in [-0.4, -0.2) is 15.1 Å². The molecule has 0 aliphatic rings. The van der Waals surface area contributed by atoms with Gasteiger partial charge in [-0.05, 0) is 24.0 Å². The van der Waals surface area contributed by atoms with Crippen LogP contribution in [0, 0.1) is 0 Å². The summed E-state index contributed by atoms with van der Waals surface area (Å²) in [7, 11) is 0. The second kappa shape index (κ2) is 5.74. The highest BCUT2D eigenvalue weighted by Crippen LogP contribution is 2.27. The van der Waals surface area contributed by atoms with Crippen molar-refractivity contribution in [2.45, 2.75) is 32.8 Å². The Morgan fingerprint density at radius 2 is 1.78 bits per heavy atom. The molecule has 18 heavy (non-hydrogen) atoms. The van der Waals surface area contributed by atoms with Crippen LogP contribution in [-0.2, 0) is 6.42 Å². The van der Waals surface area contributed by atoms with E-state index < -0.39 is 6.10 Å². The number of aliphatic hydroxyl groups is 1. The van der Waals surface area contributed by atoms with Crippen LogP contribution in [0.2, 0.25) is 0 Å². The first-order chi connectivity index (χ1) is 8.76. The SMILES string of the molecule is CCc1cnc(-c2ccccc2C(O)CC)nc1. The highest BCUT2D eigenvalue weighted by molar-refractivity contribution is 5.60. The fourth-order valence-corrected chi connectivity index (χ4v) is 1.89. The highest BCUT2D eigenvalue weighted by atomic mass is 16.3. The molecule has 1 N–H and O–H groups in total. The van der Waals surface area contributed by atoms with Crippen LogP contribution in [0.3, 0.4) is 0 Å². The molecule has 0 radical (unpaired) electrons. The van der Waals surface area contributed by atoms with Crippen molar-refractivity contribution in [3.05, 3.63) is 47.8 Å². The number of benzene rings is 1. The number of aliphatic hydroxyl groups excluding tert-OH is 1. The fraction of sp³-hybridized carbons (Fsp3) is 0.333. The number of aromatic nitrogens is 2. The van der Waals surface area contributed by atoms with Crippen molar-refractivity contribution in [1.29, 1.82) is 0 Å². The standard InChI is InChI=1S/C15H18N2O/c1-3-11-9-16-15(17-10-11)13-8-6-5-7-12(13)14(18)4-2/h5-10,14,18H,3-4H2,1-2H3. The molecule has 0 saturated carbocycles. The largest absolute Gasteiger partial charge is 0.388 e. The van der Waals surface area contributed by atoms with Gasteiger partial charge in [-0.2, -0.15) is 0 Å². The number of hydrogen-bond acceptors (Lipinski definition) is 3. The zero-order valence-electron chi connectivity index (χ0n) is 10.8. The van der Waals surface area contributed by atoms with Gasteiger partial charge in [-0.1, -0.05) is 38.1 Å². The van der Waals surface area contributed by atoms with Gasteiger partial charge in [0.1, 0.15) is 0 Å². The van der Waals surface area contributed by atoms with Crippen molar-refractivity contribution in [1.82, 2.24) is 9.97 Å². The second-order valence-electron chi connectivity index (χ2n) is 4.28. The molecule has 2 aromatic rings. The van der Waals surface area contributed by atoms with Crippen molar-refractivity contribution >= 4 is 0 Å². The second-order valence-corrected chi connectivity index (χ2v) is 4.28. The molecular weight excluding hydrogens is 224 g/mol. The van der Waals surface area contributed by atoms with Gasteiger partial charge < -0.3 is 5.11 Å². The van der Waals surface area contributed by atoms with E-state index in [1.165, 1.54) is 0 Å². The average Bonchev–Trinajstić information content (AvgIpc) is 2.46. The van der Waals surface area contributed by atoms with Gasteiger partial charge in [-0.15, -0.1) is 0 Å². The fourth-order valence-electron chi connectivity index (χ4n) is 1.89. The molecule has 0 bridgehead atoms. The summed E-state index contributed by atoms with van der Waals surface area (Å²) >= 11 is 0. The summed E-state index contributed by atoms with van der Waals surface area (Å²) in [6.45, 7) is 4.04. The number of hydrogen-bond donors (Lipinski definition) is 1. The molecule has 3 nitrogen and oxygen atoms in total. The Hall–Kier alpha value is -1.74. The predicted octanol–water partition coefficient (Wildman–Crippen LogP) is 3.15. The van der Waals surface area contributed by atoms with Gasteiger partial charge in [-0.25, -0.2) is 9.97 Å². The van der Waals surface area contributed by atoms with Crippen LogP contribution in [0.15, 0.2) is 36.7 Å². The van der Waals surface area contributed by atoms with E-state index in [1.807, 2.05) is 43.6 Å². The maximum Gasteiger partial charge on any atom is 0.159 e. The quantitative estimate of drug-likeness (QED) is 0.895. The lowest BCUT2D eigenvalue weighted by Gasteiger charge is -2.13. The summed E-state index contributed by atoms with van der Waals surface area (Å²) in [6, 6.07) is 7.76. The van der Waals surface area contributed by atoms with Gasteiger partial charge in [-0.3, -0.25) is 0 Å². The molecule has 1 aromatic carbocycles. The van der Waals surface area contributed by atoms with Crippen molar-refractivity contribution < 1.29 is 5.11 Å². The van der Waals surface area contributed by atoms with E-state index in [-0.39, 0.29) is 0 Å². The summed E-state index contributed by atoms with van der Waals surface area (Å²) in [6.07, 6.45) is 4.84. The molecule has 0 saturated heterocycles. The Bertz CT molecular complexity index is 508. The van der Waals surface area contributed by atoms with E-state index in [9.17, 15) is 5.11 Å². The van der Waals surface area contributed by atoms with Crippen LogP contribution in [0.25, 0.3) is 11.4 Å². The lowest BCUT2D eigenvalue weighted by molar-refractivity contribution is 0.174. The summed E-state index contributed by atoms with van der Waals surface area (Å²) in [5.74, 6) is 0.676. The van der Waals surface area contributed by atoms with Crippen molar-refractivity contribution in [3.63, 3.8) is 0 Å². The van der Waals surface area contributed by atoms with E-state index >= 15 is 0 Å².